The van der Waals surface area contributed by atoms with Gasteiger partial charge in [-0.2, -0.15) is 0 Å². The molecule has 6 nitrogen and oxygen atoms in total. The third kappa shape index (κ3) is 3.92. The Morgan fingerprint density at radius 2 is 2.23 bits per heavy atom. The molecule has 2 aromatic heterocycles. The Morgan fingerprint density at radius 1 is 1.32 bits per heavy atom. The average Bonchev–Trinajstić information content (AvgIpc) is 2.97. The maximum atomic E-state index is 5.82. The summed E-state index contributed by atoms with van der Waals surface area (Å²) in [5.41, 5.74) is 2.05. The van der Waals surface area contributed by atoms with Crippen LogP contribution in [0.4, 0.5) is 5.82 Å². The Balaban J connectivity index is 1.62. The number of pyridine rings is 1. The van der Waals surface area contributed by atoms with Crippen molar-refractivity contribution in [2.24, 2.45) is 0 Å². The lowest BCUT2D eigenvalue weighted by Crippen LogP contribution is -2.16. The number of aromatic nitrogens is 3. The zero-order valence-corrected chi connectivity index (χ0v) is 12.9. The Hall–Kier alpha value is -2.21. The van der Waals surface area contributed by atoms with Crippen LogP contribution in [0.1, 0.15) is 23.5 Å². The number of nitrogens with one attached hydrogen (secondary N) is 1. The molecule has 2 aromatic rings. The summed E-state index contributed by atoms with van der Waals surface area (Å²) in [5.74, 6) is 2.24. The van der Waals surface area contributed by atoms with Crippen molar-refractivity contribution in [3.05, 3.63) is 41.5 Å². The van der Waals surface area contributed by atoms with E-state index in [1.807, 2.05) is 32.0 Å². The second-order valence-electron chi connectivity index (χ2n) is 5.40. The third-order valence-corrected chi connectivity index (χ3v) is 3.41. The van der Waals surface area contributed by atoms with Crippen LogP contribution in [0.15, 0.2) is 24.4 Å². The molecule has 6 heteroatoms. The number of hydrogen-bond acceptors (Lipinski definition) is 6. The van der Waals surface area contributed by atoms with Crippen molar-refractivity contribution >= 4 is 5.82 Å². The number of nitrogens with zero attached hydrogens (tertiary/aromatic N) is 3. The van der Waals surface area contributed by atoms with Crippen molar-refractivity contribution in [1.29, 1.82) is 0 Å². The molecule has 0 amide bonds. The van der Waals surface area contributed by atoms with Crippen LogP contribution in [0.5, 0.6) is 5.88 Å². The van der Waals surface area contributed by atoms with E-state index in [0.717, 1.165) is 35.9 Å². The fraction of sp³-hybridized carbons (Fsp3) is 0.438. The summed E-state index contributed by atoms with van der Waals surface area (Å²) in [4.78, 5) is 12.9. The molecule has 116 valence electrons. The first-order valence-corrected chi connectivity index (χ1v) is 7.44. The van der Waals surface area contributed by atoms with Gasteiger partial charge in [-0.3, -0.25) is 0 Å². The van der Waals surface area contributed by atoms with Gasteiger partial charge in [-0.05, 0) is 25.5 Å². The van der Waals surface area contributed by atoms with Crippen LogP contribution in [0.25, 0.3) is 0 Å². The first kappa shape index (κ1) is 14.7. The molecular formula is C16H20N4O2. The molecule has 0 saturated carbocycles. The van der Waals surface area contributed by atoms with Crippen LogP contribution in [0.3, 0.4) is 0 Å². The summed E-state index contributed by atoms with van der Waals surface area (Å²) >= 11 is 0. The second kappa shape index (κ2) is 6.70. The van der Waals surface area contributed by atoms with Crippen molar-refractivity contribution < 1.29 is 9.47 Å². The second-order valence-corrected chi connectivity index (χ2v) is 5.40. The molecule has 1 N–H and O–H groups in total. The molecular weight excluding hydrogens is 280 g/mol. The van der Waals surface area contributed by atoms with Crippen LogP contribution >= 0.6 is 0 Å². The minimum Gasteiger partial charge on any atom is -0.472 e. The van der Waals surface area contributed by atoms with E-state index in [-0.39, 0.29) is 6.10 Å². The van der Waals surface area contributed by atoms with Gasteiger partial charge in [0.05, 0.1) is 13.2 Å². The number of anilines is 1. The molecule has 3 rings (SSSR count). The van der Waals surface area contributed by atoms with Gasteiger partial charge in [0.15, 0.2) is 0 Å². The number of aryl methyl sites for hydroxylation is 2. The topological polar surface area (TPSA) is 69.2 Å². The van der Waals surface area contributed by atoms with Crippen LogP contribution in [0.2, 0.25) is 0 Å². The quantitative estimate of drug-likeness (QED) is 0.913. The highest BCUT2D eigenvalue weighted by Gasteiger charge is 2.17. The SMILES string of the molecule is Cc1cc(NCc2ccnc(OC3CCOC3)c2)nc(C)n1. The maximum Gasteiger partial charge on any atom is 0.213 e. The zero-order chi connectivity index (χ0) is 15.4. The number of ether oxygens (including phenoxy) is 2. The van der Waals surface area contributed by atoms with Gasteiger partial charge in [-0.15, -0.1) is 0 Å². The lowest BCUT2D eigenvalue weighted by Gasteiger charge is -2.12. The molecule has 0 radical (unpaired) electrons. The van der Waals surface area contributed by atoms with Crippen molar-refractivity contribution in [3.8, 4) is 5.88 Å². The van der Waals surface area contributed by atoms with Crippen molar-refractivity contribution in [2.75, 3.05) is 18.5 Å². The number of rotatable bonds is 5. The number of hydrogen-bond donors (Lipinski definition) is 1. The summed E-state index contributed by atoms with van der Waals surface area (Å²) < 4.78 is 11.1. The third-order valence-electron chi connectivity index (χ3n) is 3.41. The van der Waals surface area contributed by atoms with E-state index in [4.69, 9.17) is 9.47 Å². The zero-order valence-electron chi connectivity index (χ0n) is 12.9. The van der Waals surface area contributed by atoms with E-state index in [2.05, 4.69) is 20.3 Å². The van der Waals surface area contributed by atoms with Gasteiger partial charge in [0.1, 0.15) is 17.7 Å². The van der Waals surface area contributed by atoms with Crippen molar-refractivity contribution in [3.63, 3.8) is 0 Å². The predicted octanol–water partition coefficient (Wildman–Crippen LogP) is 2.27. The van der Waals surface area contributed by atoms with Gasteiger partial charge in [-0.1, -0.05) is 0 Å². The lowest BCUT2D eigenvalue weighted by atomic mass is 10.2. The van der Waals surface area contributed by atoms with Crippen LogP contribution < -0.4 is 10.1 Å². The first-order valence-electron chi connectivity index (χ1n) is 7.44. The molecule has 0 bridgehead atoms. The normalized spacial score (nSPS) is 17.5. The Bertz CT molecular complexity index is 622. The smallest absolute Gasteiger partial charge is 0.213 e. The summed E-state index contributed by atoms with van der Waals surface area (Å²) in [6.07, 6.45) is 2.80. The van der Waals surface area contributed by atoms with Crippen LogP contribution in [-0.4, -0.2) is 34.3 Å². The molecule has 1 aliphatic rings. The van der Waals surface area contributed by atoms with E-state index in [0.29, 0.717) is 19.0 Å². The van der Waals surface area contributed by atoms with Gasteiger partial charge in [0.2, 0.25) is 5.88 Å². The van der Waals surface area contributed by atoms with Gasteiger partial charge >= 0.3 is 0 Å². The van der Waals surface area contributed by atoms with Crippen molar-refractivity contribution in [2.45, 2.75) is 32.9 Å². The maximum absolute atomic E-state index is 5.82. The van der Waals surface area contributed by atoms with Crippen molar-refractivity contribution in [1.82, 2.24) is 15.0 Å². The van der Waals surface area contributed by atoms with E-state index < -0.39 is 0 Å². The summed E-state index contributed by atoms with van der Waals surface area (Å²) in [6.45, 7) is 5.92. The monoisotopic (exact) mass is 300 g/mol. The molecule has 1 fully saturated rings. The molecule has 0 spiro atoms. The minimum absolute atomic E-state index is 0.114. The van der Waals surface area contributed by atoms with E-state index in [9.17, 15) is 0 Å². The van der Waals surface area contributed by atoms with E-state index in [1.165, 1.54) is 0 Å². The fourth-order valence-corrected chi connectivity index (χ4v) is 2.40. The van der Waals surface area contributed by atoms with Gasteiger partial charge in [0, 0.05) is 37.0 Å². The molecule has 22 heavy (non-hydrogen) atoms. The van der Waals surface area contributed by atoms with E-state index in [1.54, 1.807) is 6.20 Å². The Labute approximate surface area is 129 Å². The molecule has 0 aromatic carbocycles. The summed E-state index contributed by atoms with van der Waals surface area (Å²) in [5, 5.41) is 3.30. The van der Waals surface area contributed by atoms with Crippen LogP contribution in [0, 0.1) is 13.8 Å². The average molecular weight is 300 g/mol. The highest BCUT2D eigenvalue weighted by molar-refractivity contribution is 5.37. The predicted molar refractivity (Wildman–Crippen MR) is 82.9 cm³/mol. The van der Waals surface area contributed by atoms with Gasteiger partial charge in [-0.25, -0.2) is 15.0 Å². The molecule has 1 saturated heterocycles. The largest absolute Gasteiger partial charge is 0.472 e. The van der Waals surface area contributed by atoms with Gasteiger partial charge < -0.3 is 14.8 Å². The summed E-state index contributed by atoms with van der Waals surface area (Å²) in [7, 11) is 0. The molecule has 1 unspecified atom stereocenters. The highest BCUT2D eigenvalue weighted by Crippen LogP contribution is 2.16. The highest BCUT2D eigenvalue weighted by atomic mass is 16.5. The Kier molecular flexibility index (Phi) is 4.48. The first-order chi connectivity index (χ1) is 10.7. The van der Waals surface area contributed by atoms with E-state index >= 15 is 0 Å². The minimum atomic E-state index is 0.114. The van der Waals surface area contributed by atoms with Gasteiger partial charge in [0.25, 0.3) is 0 Å². The molecule has 3 heterocycles. The standard InChI is InChI=1S/C16H20N4O2/c1-11-7-15(20-12(2)19-11)18-9-13-3-5-17-16(8-13)22-14-4-6-21-10-14/h3,5,7-8,14H,4,6,9-10H2,1-2H3,(H,18,19,20). The Morgan fingerprint density at radius 3 is 3.00 bits per heavy atom. The molecule has 1 atom stereocenters. The summed E-state index contributed by atoms with van der Waals surface area (Å²) in [6, 6.07) is 5.85. The van der Waals surface area contributed by atoms with Crippen LogP contribution in [-0.2, 0) is 11.3 Å². The molecule has 1 aliphatic heterocycles. The fourth-order valence-electron chi connectivity index (χ4n) is 2.40. The molecule has 0 aliphatic carbocycles. The lowest BCUT2D eigenvalue weighted by molar-refractivity contribution is 0.138.